The Morgan fingerprint density at radius 3 is 2.48 bits per heavy atom. The van der Waals surface area contributed by atoms with Crippen LogP contribution in [0.2, 0.25) is 0 Å². The van der Waals surface area contributed by atoms with Gasteiger partial charge in [0.2, 0.25) is 0 Å². The van der Waals surface area contributed by atoms with E-state index in [2.05, 4.69) is 21.6 Å². The van der Waals surface area contributed by atoms with E-state index in [1.54, 1.807) is 11.3 Å². The van der Waals surface area contributed by atoms with Gasteiger partial charge in [0.15, 0.2) is 0 Å². The highest BCUT2D eigenvalue weighted by molar-refractivity contribution is 7.10. The molecule has 0 bridgehead atoms. The van der Waals surface area contributed by atoms with Gasteiger partial charge in [0.1, 0.15) is 0 Å². The number of nitrogens with one attached hydrogen (secondary N) is 2. The molecule has 2 heterocycles. The van der Waals surface area contributed by atoms with Crippen LogP contribution in [0.25, 0.3) is 0 Å². The first-order valence-electron chi connectivity index (χ1n) is 9.10. The number of hydrogen-bond acceptors (Lipinski definition) is 5. The summed E-state index contributed by atoms with van der Waals surface area (Å²) < 4.78 is 5.42. The molecule has 1 fully saturated rings. The Morgan fingerprint density at radius 1 is 1.11 bits per heavy atom. The molecule has 1 saturated heterocycles. The Labute approximate surface area is 163 Å². The fourth-order valence-electron chi connectivity index (χ4n) is 3.02. The summed E-state index contributed by atoms with van der Waals surface area (Å²) in [7, 11) is 0. The summed E-state index contributed by atoms with van der Waals surface area (Å²) in [6.45, 7) is 5.76. The standard InChI is InChI=1S/C20H25N3O3S/c1-15-4-6-16(7-5-15)13-21-19(24)20(25)22-14-17(18-3-2-12-27-18)23-8-10-26-11-9-23/h2-7,12,17H,8-11,13-14H2,1H3,(H,21,24)(H,22,25)/t17-/m0/s1. The van der Waals surface area contributed by atoms with E-state index in [0.717, 1.165) is 24.2 Å². The molecule has 1 aliphatic heterocycles. The van der Waals surface area contributed by atoms with Gasteiger partial charge in [0.05, 0.1) is 19.3 Å². The number of carbonyl (C=O) groups is 2. The van der Waals surface area contributed by atoms with Crippen molar-refractivity contribution in [2.45, 2.75) is 19.5 Å². The molecule has 144 valence electrons. The molecular weight excluding hydrogens is 362 g/mol. The van der Waals surface area contributed by atoms with Crippen LogP contribution in [0.5, 0.6) is 0 Å². The monoisotopic (exact) mass is 387 g/mol. The fourth-order valence-corrected chi connectivity index (χ4v) is 3.88. The number of benzene rings is 1. The minimum absolute atomic E-state index is 0.0581. The zero-order chi connectivity index (χ0) is 19.1. The van der Waals surface area contributed by atoms with Crippen molar-refractivity contribution in [3.8, 4) is 0 Å². The van der Waals surface area contributed by atoms with Crippen LogP contribution in [-0.2, 0) is 20.9 Å². The molecular formula is C20H25N3O3S. The van der Waals surface area contributed by atoms with Crippen LogP contribution in [0.15, 0.2) is 41.8 Å². The summed E-state index contributed by atoms with van der Waals surface area (Å²) in [5, 5.41) is 7.49. The predicted octanol–water partition coefficient (Wildman–Crippen LogP) is 1.86. The van der Waals surface area contributed by atoms with Gasteiger partial charge >= 0.3 is 11.8 Å². The number of hydrogen-bond donors (Lipinski definition) is 2. The van der Waals surface area contributed by atoms with Crippen LogP contribution in [0.4, 0.5) is 0 Å². The fraction of sp³-hybridized carbons (Fsp3) is 0.400. The molecule has 1 aromatic carbocycles. The average Bonchev–Trinajstić information content (AvgIpc) is 3.22. The molecule has 6 nitrogen and oxygen atoms in total. The van der Waals surface area contributed by atoms with E-state index in [0.29, 0.717) is 26.3 Å². The molecule has 3 rings (SSSR count). The van der Waals surface area contributed by atoms with Crippen LogP contribution in [0.1, 0.15) is 22.0 Å². The van der Waals surface area contributed by atoms with Crippen LogP contribution < -0.4 is 10.6 Å². The van der Waals surface area contributed by atoms with Crippen LogP contribution >= 0.6 is 11.3 Å². The van der Waals surface area contributed by atoms with E-state index in [-0.39, 0.29) is 6.04 Å². The Kier molecular flexibility index (Phi) is 6.98. The lowest BCUT2D eigenvalue weighted by Gasteiger charge is -2.34. The molecule has 2 aromatic rings. The largest absolute Gasteiger partial charge is 0.379 e. The highest BCUT2D eigenvalue weighted by Crippen LogP contribution is 2.25. The number of ether oxygens (including phenoxy) is 1. The third-order valence-corrected chi connectivity index (χ3v) is 5.57. The smallest absolute Gasteiger partial charge is 0.309 e. The second-order valence-corrected chi connectivity index (χ2v) is 7.54. The van der Waals surface area contributed by atoms with Gasteiger partial charge in [-0.15, -0.1) is 11.3 Å². The second-order valence-electron chi connectivity index (χ2n) is 6.56. The van der Waals surface area contributed by atoms with Gasteiger partial charge < -0.3 is 15.4 Å². The van der Waals surface area contributed by atoms with Gasteiger partial charge in [-0.25, -0.2) is 0 Å². The SMILES string of the molecule is Cc1ccc(CNC(=O)C(=O)NC[C@@H](c2cccs2)N2CCOCC2)cc1. The minimum atomic E-state index is -0.609. The number of morpholine rings is 1. The summed E-state index contributed by atoms with van der Waals surface area (Å²) in [5.41, 5.74) is 2.12. The van der Waals surface area contributed by atoms with Crippen molar-refractivity contribution in [3.05, 3.63) is 57.8 Å². The van der Waals surface area contributed by atoms with E-state index in [9.17, 15) is 9.59 Å². The third-order valence-electron chi connectivity index (χ3n) is 4.59. The van der Waals surface area contributed by atoms with Crippen molar-refractivity contribution in [1.82, 2.24) is 15.5 Å². The Hall–Kier alpha value is -2.22. The number of carbonyl (C=O) groups excluding carboxylic acids is 2. The summed E-state index contributed by atoms with van der Waals surface area (Å²) in [6, 6.07) is 12.0. The lowest BCUT2D eigenvalue weighted by atomic mass is 10.1. The summed E-state index contributed by atoms with van der Waals surface area (Å²) in [5.74, 6) is -1.21. The van der Waals surface area contributed by atoms with Crippen LogP contribution in [0, 0.1) is 6.92 Å². The molecule has 2 N–H and O–H groups in total. The predicted molar refractivity (Wildman–Crippen MR) is 105 cm³/mol. The molecule has 2 amide bonds. The molecule has 1 aliphatic rings. The number of amides is 2. The van der Waals surface area contributed by atoms with Crippen LogP contribution in [-0.4, -0.2) is 49.6 Å². The van der Waals surface area contributed by atoms with Crippen molar-refractivity contribution in [2.75, 3.05) is 32.8 Å². The molecule has 0 aliphatic carbocycles. The van der Waals surface area contributed by atoms with E-state index in [1.807, 2.05) is 42.6 Å². The highest BCUT2D eigenvalue weighted by Gasteiger charge is 2.25. The molecule has 27 heavy (non-hydrogen) atoms. The van der Waals surface area contributed by atoms with Gasteiger partial charge in [-0.1, -0.05) is 35.9 Å². The number of thiophene rings is 1. The lowest BCUT2D eigenvalue weighted by Crippen LogP contribution is -2.46. The molecule has 7 heteroatoms. The van der Waals surface area contributed by atoms with Crippen molar-refractivity contribution < 1.29 is 14.3 Å². The molecule has 0 unspecified atom stereocenters. The van der Waals surface area contributed by atoms with Crippen molar-refractivity contribution in [3.63, 3.8) is 0 Å². The third kappa shape index (κ3) is 5.63. The zero-order valence-corrected chi connectivity index (χ0v) is 16.3. The topological polar surface area (TPSA) is 70.7 Å². The Bertz CT molecular complexity index is 740. The maximum absolute atomic E-state index is 12.2. The van der Waals surface area contributed by atoms with Gasteiger partial charge in [0.25, 0.3) is 0 Å². The lowest BCUT2D eigenvalue weighted by molar-refractivity contribution is -0.139. The average molecular weight is 388 g/mol. The minimum Gasteiger partial charge on any atom is -0.379 e. The summed E-state index contributed by atoms with van der Waals surface area (Å²) >= 11 is 1.66. The van der Waals surface area contributed by atoms with Gasteiger partial charge in [0, 0.05) is 31.1 Å². The number of aryl methyl sites for hydroxylation is 1. The first-order valence-corrected chi connectivity index (χ1v) is 9.98. The van der Waals surface area contributed by atoms with E-state index >= 15 is 0 Å². The molecule has 0 saturated carbocycles. The number of nitrogens with zero attached hydrogens (tertiary/aromatic N) is 1. The molecule has 1 aromatic heterocycles. The van der Waals surface area contributed by atoms with E-state index < -0.39 is 11.8 Å². The first-order chi connectivity index (χ1) is 13.1. The van der Waals surface area contributed by atoms with E-state index in [4.69, 9.17) is 4.74 Å². The van der Waals surface area contributed by atoms with Gasteiger partial charge in [-0.2, -0.15) is 0 Å². The van der Waals surface area contributed by atoms with Crippen molar-refractivity contribution in [1.29, 1.82) is 0 Å². The van der Waals surface area contributed by atoms with Gasteiger partial charge in [-0.3, -0.25) is 14.5 Å². The maximum Gasteiger partial charge on any atom is 0.309 e. The highest BCUT2D eigenvalue weighted by atomic mass is 32.1. The quantitative estimate of drug-likeness (QED) is 0.743. The summed E-state index contributed by atoms with van der Waals surface area (Å²) in [4.78, 5) is 27.8. The summed E-state index contributed by atoms with van der Waals surface area (Å²) in [6.07, 6.45) is 0. The molecule has 1 atom stereocenters. The Balaban J connectivity index is 1.52. The van der Waals surface area contributed by atoms with Gasteiger partial charge in [-0.05, 0) is 23.9 Å². The number of rotatable bonds is 6. The second kappa shape index (κ2) is 9.64. The zero-order valence-electron chi connectivity index (χ0n) is 15.4. The molecule has 0 spiro atoms. The molecule has 0 radical (unpaired) electrons. The Morgan fingerprint density at radius 2 is 1.81 bits per heavy atom. The van der Waals surface area contributed by atoms with E-state index in [1.165, 1.54) is 4.88 Å². The van der Waals surface area contributed by atoms with Crippen molar-refractivity contribution in [2.24, 2.45) is 0 Å². The first kappa shape index (κ1) is 19.5. The maximum atomic E-state index is 12.2. The van der Waals surface area contributed by atoms with Crippen molar-refractivity contribution >= 4 is 23.2 Å². The normalized spacial score (nSPS) is 15.9. The van der Waals surface area contributed by atoms with Crippen LogP contribution in [0.3, 0.4) is 0 Å².